The molecule has 2 amide bonds. The lowest BCUT2D eigenvalue weighted by Gasteiger charge is -2.34. The molecule has 2 N–H and O–H groups in total. The number of alkyl halides is 1. The van der Waals surface area contributed by atoms with Gasteiger partial charge in [-0.25, -0.2) is 9.18 Å². The summed E-state index contributed by atoms with van der Waals surface area (Å²) in [4.78, 5) is 15.1. The number of nitrogens with two attached hydrogens (primary N) is 1. The fourth-order valence-electron chi connectivity index (χ4n) is 2.48. The van der Waals surface area contributed by atoms with Crippen molar-refractivity contribution in [2.75, 3.05) is 19.6 Å². The minimum absolute atomic E-state index is 0.00277. The van der Waals surface area contributed by atoms with Crippen LogP contribution in [-0.2, 0) is 0 Å². The molecule has 0 unspecified atom stereocenters. The highest BCUT2D eigenvalue weighted by Gasteiger charge is 2.38. The average molecular weight is 240 g/mol. The molecule has 5 nitrogen and oxygen atoms in total. The number of likely N-dealkylation sites (tertiary alicyclic amines) is 2. The van der Waals surface area contributed by atoms with Crippen LogP contribution in [-0.4, -0.2) is 53.7 Å². The maximum Gasteiger partial charge on any atom is 0.321 e. The number of carbonyl (C=O) groups excluding carboxylic acids is 1. The number of halogens is 1. The number of nitrogens with zero attached hydrogens (tertiary/aromatic N) is 3. The van der Waals surface area contributed by atoms with Gasteiger partial charge in [-0.3, -0.25) is 0 Å². The summed E-state index contributed by atoms with van der Waals surface area (Å²) >= 11 is 0. The third-order valence-electron chi connectivity index (χ3n) is 3.37. The fourth-order valence-corrected chi connectivity index (χ4v) is 2.48. The molecule has 0 aromatic heterocycles. The van der Waals surface area contributed by atoms with Crippen LogP contribution in [0.25, 0.3) is 0 Å². The van der Waals surface area contributed by atoms with E-state index in [1.807, 2.05) is 6.07 Å². The zero-order valence-electron chi connectivity index (χ0n) is 9.68. The van der Waals surface area contributed by atoms with Gasteiger partial charge in [0.05, 0.1) is 12.6 Å². The Bertz CT molecular complexity index is 343. The number of nitriles is 1. The van der Waals surface area contributed by atoms with Crippen molar-refractivity contribution in [3.05, 3.63) is 0 Å². The minimum Gasteiger partial charge on any atom is -0.326 e. The first kappa shape index (κ1) is 12.1. The molecular weight excluding hydrogens is 223 g/mol. The van der Waals surface area contributed by atoms with Crippen molar-refractivity contribution in [1.29, 1.82) is 5.26 Å². The van der Waals surface area contributed by atoms with Crippen molar-refractivity contribution >= 4 is 6.03 Å². The van der Waals surface area contributed by atoms with Crippen LogP contribution in [0, 0.1) is 11.3 Å². The second kappa shape index (κ2) is 4.88. The first-order chi connectivity index (χ1) is 8.11. The lowest BCUT2D eigenvalue weighted by molar-refractivity contribution is 0.139. The van der Waals surface area contributed by atoms with Crippen molar-refractivity contribution in [3.8, 4) is 6.07 Å². The lowest BCUT2D eigenvalue weighted by Crippen LogP contribution is -2.52. The number of urea groups is 1. The molecule has 6 heteroatoms. The fraction of sp³-hybridized carbons (Fsp3) is 0.818. The topological polar surface area (TPSA) is 73.4 Å². The molecular formula is C11H17FN4O. The third kappa shape index (κ3) is 2.50. The summed E-state index contributed by atoms with van der Waals surface area (Å²) in [6.07, 6.45) is 0.832. The highest BCUT2D eigenvalue weighted by atomic mass is 19.1. The molecule has 0 radical (unpaired) electrons. The number of hydrogen-bond acceptors (Lipinski definition) is 3. The molecule has 17 heavy (non-hydrogen) atoms. The van der Waals surface area contributed by atoms with Crippen molar-refractivity contribution in [1.82, 2.24) is 9.80 Å². The summed E-state index contributed by atoms with van der Waals surface area (Å²) in [6, 6.07) is 1.11. The van der Waals surface area contributed by atoms with E-state index in [9.17, 15) is 9.18 Å². The Morgan fingerprint density at radius 1 is 1.47 bits per heavy atom. The van der Waals surface area contributed by atoms with Crippen LogP contribution in [0.3, 0.4) is 0 Å². The van der Waals surface area contributed by atoms with Gasteiger partial charge in [-0.1, -0.05) is 0 Å². The first-order valence-corrected chi connectivity index (χ1v) is 5.96. The highest BCUT2D eigenvalue weighted by Crippen LogP contribution is 2.22. The number of hydrogen-bond donors (Lipinski definition) is 1. The predicted molar refractivity (Wildman–Crippen MR) is 59.8 cm³/mol. The zero-order chi connectivity index (χ0) is 12.4. The summed E-state index contributed by atoms with van der Waals surface area (Å²) in [5, 5.41) is 8.90. The first-order valence-electron chi connectivity index (χ1n) is 5.96. The monoisotopic (exact) mass is 240 g/mol. The van der Waals surface area contributed by atoms with E-state index < -0.39 is 12.2 Å². The van der Waals surface area contributed by atoms with E-state index in [1.165, 1.54) is 4.90 Å². The number of carbonyl (C=O) groups is 1. The van der Waals surface area contributed by atoms with Gasteiger partial charge in [0.2, 0.25) is 0 Å². The maximum absolute atomic E-state index is 13.2. The number of amides is 2. The summed E-state index contributed by atoms with van der Waals surface area (Å²) in [7, 11) is 0. The van der Waals surface area contributed by atoms with E-state index in [-0.39, 0.29) is 25.0 Å². The number of rotatable bonds is 0. The highest BCUT2D eigenvalue weighted by molar-refractivity contribution is 5.75. The van der Waals surface area contributed by atoms with Crippen molar-refractivity contribution < 1.29 is 9.18 Å². The van der Waals surface area contributed by atoms with E-state index in [4.69, 9.17) is 11.0 Å². The van der Waals surface area contributed by atoms with Gasteiger partial charge in [-0.15, -0.1) is 0 Å². The van der Waals surface area contributed by atoms with E-state index in [1.54, 1.807) is 4.90 Å². The summed E-state index contributed by atoms with van der Waals surface area (Å²) < 4.78 is 13.2. The Balaban J connectivity index is 2.01. The zero-order valence-corrected chi connectivity index (χ0v) is 9.68. The van der Waals surface area contributed by atoms with Crippen molar-refractivity contribution in [3.63, 3.8) is 0 Å². The second-order valence-corrected chi connectivity index (χ2v) is 4.76. The van der Waals surface area contributed by atoms with Crippen molar-refractivity contribution in [2.45, 2.75) is 37.5 Å². The molecule has 0 aromatic rings. The molecule has 0 spiro atoms. The van der Waals surface area contributed by atoms with Gasteiger partial charge in [0.1, 0.15) is 12.2 Å². The molecule has 94 valence electrons. The van der Waals surface area contributed by atoms with Gasteiger partial charge >= 0.3 is 6.03 Å². The standard InChI is InChI=1S/C11H17FN4O/c12-8-4-10(5-13)16(6-8)11(17)15-3-1-2-9(14)7-15/h8-10H,1-4,6-7,14H2/t8-,9+,10-/m0/s1. The van der Waals surface area contributed by atoms with Gasteiger partial charge in [0.25, 0.3) is 0 Å². The largest absolute Gasteiger partial charge is 0.326 e. The molecule has 2 heterocycles. The molecule has 0 saturated carbocycles. The van der Waals surface area contributed by atoms with Crippen LogP contribution in [0.15, 0.2) is 0 Å². The smallest absolute Gasteiger partial charge is 0.321 e. The van der Waals surface area contributed by atoms with Crippen LogP contribution in [0.1, 0.15) is 19.3 Å². The lowest BCUT2D eigenvalue weighted by atomic mass is 10.1. The summed E-state index contributed by atoms with van der Waals surface area (Å²) in [5.74, 6) is 0. The number of piperidine rings is 1. The van der Waals surface area contributed by atoms with E-state index in [0.29, 0.717) is 13.1 Å². The normalized spacial score (nSPS) is 33.6. The molecule has 2 rings (SSSR count). The Morgan fingerprint density at radius 3 is 2.88 bits per heavy atom. The van der Waals surface area contributed by atoms with Crippen LogP contribution < -0.4 is 5.73 Å². The summed E-state index contributed by atoms with van der Waals surface area (Å²) in [5.41, 5.74) is 5.80. The molecule has 2 fully saturated rings. The molecule has 3 atom stereocenters. The Morgan fingerprint density at radius 2 is 2.24 bits per heavy atom. The predicted octanol–water partition coefficient (Wildman–Crippen LogP) is 0.465. The van der Waals surface area contributed by atoms with E-state index in [0.717, 1.165) is 12.8 Å². The molecule has 0 bridgehead atoms. The van der Waals surface area contributed by atoms with Crippen LogP contribution >= 0.6 is 0 Å². The molecule has 0 aromatic carbocycles. The van der Waals surface area contributed by atoms with Crippen LogP contribution in [0.2, 0.25) is 0 Å². The Hall–Kier alpha value is -1.35. The van der Waals surface area contributed by atoms with E-state index >= 15 is 0 Å². The Labute approximate surface area is 100.0 Å². The SMILES string of the molecule is N#C[C@@H]1C[C@H](F)CN1C(=O)N1CCC[C@@H](N)C1. The molecule has 2 saturated heterocycles. The molecule has 2 aliphatic rings. The van der Waals surface area contributed by atoms with Gasteiger partial charge in [-0.2, -0.15) is 5.26 Å². The average Bonchev–Trinajstić information content (AvgIpc) is 2.69. The second-order valence-electron chi connectivity index (χ2n) is 4.76. The molecule has 2 aliphatic heterocycles. The third-order valence-corrected chi connectivity index (χ3v) is 3.37. The molecule has 0 aliphatic carbocycles. The quantitative estimate of drug-likeness (QED) is 0.668. The minimum atomic E-state index is -1.08. The van der Waals surface area contributed by atoms with Crippen molar-refractivity contribution in [2.24, 2.45) is 5.73 Å². The summed E-state index contributed by atoms with van der Waals surface area (Å²) in [6.45, 7) is 1.19. The van der Waals surface area contributed by atoms with Crippen LogP contribution in [0.5, 0.6) is 0 Å². The van der Waals surface area contributed by atoms with Crippen LogP contribution in [0.4, 0.5) is 9.18 Å². The van der Waals surface area contributed by atoms with Gasteiger partial charge in [-0.05, 0) is 12.8 Å². The Kier molecular flexibility index (Phi) is 3.48. The van der Waals surface area contributed by atoms with Gasteiger partial charge in [0.15, 0.2) is 0 Å². The van der Waals surface area contributed by atoms with E-state index in [2.05, 4.69) is 0 Å². The van der Waals surface area contributed by atoms with Gasteiger partial charge < -0.3 is 15.5 Å². The maximum atomic E-state index is 13.2. The van der Waals surface area contributed by atoms with Gasteiger partial charge in [0, 0.05) is 25.6 Å².